The summed E-state index contributed by atoms with van der Waals surface area (Å²) in [4.78, 5) is 0. The summed E-state index contributed by atoms with van der Waals surface area (Å²) < 4.78 is 0. The number of allylic oxidation sites excluding steroid dienone is 1. The van der Waals surface area contributed by atoms with Crippen LogP contribution in [0.3, 0.4) is 0 Å². The van der Waals surface area contributed by atoms with Crippen LogP contribution >= 0.6 is 0 Å². The summed E-state index contributed by atoms with van der Waals surface area (Å²) in [6.07, 6.45) is 1.59. The molecule has 0 aliphatic heterocycles. The first kappa shape index (κ1) is 8.10. The van der Waals surface area contributed by atoms with Crippen LogP contribution in [0.25, 0.3) is 0 Å². The van der Waals surface area contributed by atoms with Gasteiger partial charge in [-0.2, -0.15) is 0 Å². The summed E-state index contributed by atoms with van der Waals surface area (Å²) in [5.74, 6) is -0.382. The second-order valence-electron chi connectivity index (χ2n) is 2.76. The number of aliphatic hydroxyl groups excluding tert-OH is 2. The van der Waals surface area contributed by atoms with Gasteiger partial charge < -0.3 is 21.1 Å². The molecular formula is C7H11NO3. The third-order valence-electron chi connectivity index (χ3n) is 1.79. The Morgan fingerprint density at radius 1 is 1.64 bits per heavy atom. The normalized spacial score (nSPS) is 37.9. The lowest BCUT2D eigenvalue weighted by Gasteiger charge is -2.29. The van der Waals surface area contributed by atoms with Crippen LogP contribution in [-0.4, -0.2) is 27.0 Å². The zero-order valence-corrected chi connectivity index (χ0v) is 6.15. The molecule has 4 nitrogen and oxygen atoms in total. The van der Waals surface area contributed by atoms with Crippen molar-refractivity contribution >= 4 is 0 Å². The van der Waals surface area contributed by atoms with Crippen molar-refractivity contribution in [3.63, 3.8) is 0 Å². The Kier molecular flexibility index (Phi) is 1.66. The number of hydrogen-bond donors (Lipinski definition) is 4. The first-order chi connectivity index (χ1) is 4.96. The van der Waals surface area contributed by atoms with Crippen molar-refractivity contribution in [3.8, 4) is 0 Å². The maximum Gasteiger partial charge on any atom is 0.150 e. The molecule has 0 heterocycles. The molecule has 5 N–H and O–H groups in total. The van der Waals surface area contributed by atoms with Crippen LogP contribution in [-0.2, 0) is 0 Å². The van der Waals surface area contributed by atoms with E-state index in [1.807, 2.05) is 0 Å². The smallest absolute Gasteiger partial charge is 0.150 e. The minimum absolute atomic E-state index is 0.0836. The maximum absolute atomic E-state index is 9.39. The van der Waals surface area contributed by atoms with Gasteiger partial charge in [0.05, 0.1) is 5.70 Å². The van der Waals surface area contributed by atoms with Crippen LogP contribution in [0.5, 0.6) is 0 Å². The fraction of sp³-hybridized carbons (Fsp3) is 0.429. The molecule has 0 amide bonds. The molecule has 0 fully saturated rings. The Balaban J connectivity index is 3.07. The predicted octanol–water partition coefficient (Wildman–Crippen LogP) is -0.604. The van der Waals surface area contributed by atoms with E-state index in [1.54, 1.807) is 0 Å². The minimum Gasteiger partial charge on any atom is -0.507 e. The van der Waals surface area contributed by atoms with Gasteiger partial charge >= 0.3 is 0 Å². The van der Waals surface area contributed by atoms with Gasteiger partial charge in [0.1, 0.15) is 17.5 Å². The van der Waals surface area contributed by atoms with Gasteiger partial charge in [-0.1, -0.05) is 6.08 Å². The van der Waals surface area contributed by atoms with Gasteiger partial charge in [0.15, 0.2) is 0 Å². The van der Waals surface area contributed by atoms with Crippen LogP contribution in [0.2, 0.25) is 0 Å². The summed E-state index contributed by atoms with van der Waals surface area (Å²) in [7, 11) is 0. The van der Waals surface area contributed by atoms with Gasteiger partial charge in [0.25, 0.3) is 0 Å². The lowest BCUT2D eigenvalue weighted by atomic mass is 9.91. The number of hydrogen-bond acceptors (Lipinski definition) is 4. The predicted molar refractivity (Wildman–Crippen MR) is 39.6 cm³/mol. The first-order valence-corrected chi connectivity index (χ1v) is 3.24. The van der Waals surface area contributed by atoms with Gasteiger partial charge in [-0.3, -0.25) is 0 Å². The molecule has 0 aromatic heterocycles. The molecule has 62 valence electrons. The molecule has 1 rings (SSSR count). The van der Waals surface area contributed by atoms with E-state index in [0.29, 0.717) is 0 Å². The van der Waals surface area contributed by atoms with Gasteiger partial charge in [-0.15, -0.1) is 0 Å². The molecule has 1 aliphatic rings. The van der Waals surface area contributed by atoms with Crippen molar-refractivity contribution in [1.82, 2.24) is 0 Å². The molecule has 0 aromatic carbocycles. The second-order valence-corrected chi connectivity index (χ2v) is 2.76. The first-order valence-electron chi connectivity index (χ1n) is 3.24. The largest absolute Gasteiger partial charge is 0.507 e. The van der Waals surface area contributed by atoms with Gasteiger partial charge in [0, 0.05) is 0 Å². The molecule has 0 bridgehead atoms. The van der Waals surface area contributed by atoms with Crippen molar-refractivity contribution in [2.24, 2.45) is 5.73 Å². The standard InChI is InChI=1S/C7H11NO3/c1-7(11)5(9)3-2-4(8)6(7)10/h2-3,5,9-11H,8H2,1H3. The van der Waals surface area contributed by atoms with Crippen LogP contribution in [0.4, 0.5) is 0 Å². The summed E-state index contributed by atoms with van der Waals surface area (Å²) in [5.41, 5.74) is 3.72. The molecule has 4 heteroatoms. The summed E-state index contributed by atoms with van der Waals surface area (Å²) >= 11 is 0. The highest BCUT2D eigenvalue weighted by Gasteiger charge is 2.36. The second kappa shape index (κ2) is 2.25. The molecular weight excluding hydrogens is 146 g/mol. The Morgan fingerprint density at radius 2 is 2.18 bits per heavy atom. The maximum atomic E-state index is 9.39. The van der Waals surface area contributed by atoms with E-state index in [9.17, 15) is 5.11 Å². The minimum atomic E-state index is -1.65. The van der Waals surface area contributed by atoms with E-state index >= 15 is 0 Å². The van der Waals surface area contributed by atoms with Crippen LogP contribution in [0.15, 0.2) is 23.6 Å². The molecule has 2 atom stereocenters. The van der Waals surface area contributed by atoms with E-state index in [1.165, 1.54) is 19.1 Å². The Morgan fingerprint density at radius 3 is 2.64 bits per heavy atom. The fourth-order valence-corrected chi connectivity index (χ4v) is 0.893. The van der Waals surface area contributed by atoms with E-state index in [-0.39, 0.29) is 11.5 Å². The summed E-state index contributed by atoms with van der Waals surface area (Å²) in [6.45, 7) is 1.30. The Labute approximate surface area is 64.3 Å². The van der Waals surface area contributed by atoms with E-state index in [0.717, 1.165) is 0 Å². The average molecular weight is 157 g/mol. The third-order valence-corrected chi connectivity index (χ3v) is 1.79. The fourth-order valence-electron chi connectivity index (χ4n) is 0.893. The van der Waals surface area contributed by atoms with Gasteiger partial charge in [-0.05, 0) is 13.0 Å². The van der Waals surface area contributed by atoms with Crippen molar-refractivity contribution < 1.29 is 15.3 Å². The van der Waals surface area contributed by atoms with E-state index < -0.39 is 11.7 Å². The highest BCUT2D eigenvalue weighted by atomic mass is 16.4. The van der Waals surface area contributed by atoms with E-state index in [2.05, 4.69) is 0 Å². The SMILES string of the molecule is CC1(O)C(O)=C(N)C=CC1O. The van der Waals surface area contributed by atoms with Crippen molar-refractivity contribution in [3.05, 3.63) is 23.6 Å². The highest BCUT2D eigenvalue weighted by molar-refractivity contribution is 5.32. The summed E-state index contributed by atoms with van der Waals surface area (Å²) in [5, 5.41) is 27.7. The van der Waals surface area contributed by atoms with Crippen molar-refractivity contribution in [2.45, 2.75) is 18.6 Å². The monoisotopic (exact) mass is 157 g/mol. The topological polar surface area (TPSA) is 86.7 Å². The summed E-state index contributed by atoms with van der Waals surface area (Å²) in [6, 6.07) is 0. The van der Waals surface area contributed by atoms with Crippen LogP contribution in [0, 0.1) is 0 Å². The molecule has 0 radical (unpaired) electrons. The molecule has 0 aromatic rings. The van der Waals surface area contributed by atoms with Crippen LogP contribution < -0.4 is 5.73 Å². The van der Waals surface area contributed by atoms with E-state index in [4.69, 9.17) is 15.9 Å². The van der Waals surface area contributed by atoms with Crippen molar-refractivity contribution in [2.75, 3.05) is 0 Å². The lowest BCUT2D eigenvalue weighted by molar-refractivity contribution is -0.0390. The molecule has 0 spiro atoms. The molecule has 0 saturated heterocycles. The molecule has 2 unspecified atom stereocenters. The van der Waals surface area contributed by atoms with Gasteiger partial charge in [-0.25, -0.2) is 0 Å². The van der Waals surface area contributed by atoms with Gasteiger partial charge in [0.2, 0.25) is 0 Å². The quantitative estimate of drug-likeness (QED) is 0.378. The molecule has 1 aliphatic carbocycles. The number of nitrogens with two attached hydrogens (primary N) is 1. The number of rotatable bonds is 0. The average Bonchev–Trinajstić information content (AvgIpc) is 1.95. The Bertz CT molecular complexity index is 230. The zero-order chi connectivity index (χ0) is 8.65. The van der Waals surface area contributed by atoms with Crippen molar-refractivity contribution in [1.29, 1.82) is 0 Å². The van der Waals surface area contributed by atoms with Crippen LogP contribution in [0.1, 0.15) is 6.92 Å². The Hall–Kier alpha value is -1.00. The molecule has 0 saturated carbocycles. The number of aliphatic hydroxyl groups is 3. The lowest BCUT2D eigenvalue weighted by Crippen LogP contribution is -2.43. The zero-order valence-electron chi connectivity index (χ0n) is 6.15. The third kappa shape index (κ3) is 1.10. The molecule has 11 heavy (non-hydrogen) atoms. The highest BCUT2D eigenvalue weighted by Crippen LogP contribution is 2.25.